The fourth-order valence-electron chi connectivity index (χ4n) is 4.00. The number of likely N-dealkylation sites (tertiary alicyclic amines) is 1. The highest BCUT2D eigenvalue weighted by molar-refractivity contribution is 5.67. The Balaban J connectivity index is 1.54. The van der Waals surface area contributed by atoms with Crippen molar-refractivity contribution in [2.24, 2.45) is 11.8 Å². The zero-order valence-electron chi connectivity index (χ0n) is 12.8. The third-order valence-electron chi connectivity index (χ3n) is 5.28. The van der Waals surface area contributed by atoms with E-state index in [0.717, 1.165) is 13.1 Å². The van der Waals surface area contributed by atoms with Crippen LogP contribution in [0, 0.1) is 11.8 Å². The van der Waals surface area contributed by atoms with Crippen molar-refractivity contribution in [1.29, 1.82) is 0 Å². The molecule has 3 atom stereocenters. The molecule has 3 unspecified atom stereocenters. The van der Waals surface area contributed by atoms with Gasteiger partial charge in [0.05, 0.1) is 0 Å². The monoisotopic (exact) mass is 287 g/mol. The maximum Gasteiger partial charge on any atom is 0.303 e. The van der Waals surface area contributed by atoms with E-state index in [9.17, 15) is 4.79 Å². The molecule has 1 fully saturated rings. The Morgan fingerprint density at radius 1 is 1.43 bits per heavy atom. The number of piperidine rings is 1. The van der Waals surface area contributed by atoms with E-state index in [0.29, 0.717) is 24.2 Å². The molecular weight excluding hydrogens is 262 g/mol. The van der Waals surface area contributed by atoms with Gasteiger partial charge < -0.3 is 10.0 Å². The van der Waals surface area contributed by atoms with E-state index in [-0.39, 0.29) is 0 Å². The molecule has 0 radical (unpaired) electrons. The molecule has 3 rings (SSSR count). The maximum atomic E-state index is 10.9. The van der Waals surface area contributed by atoms with Crippen LogP contribution in [0.1, 0.15) is 43.2 Å². The Bertz CT molecular complexity index is 514. The van der Waals surface area contributed by atoms with E-state index >= 15 is 0 Å². The summed E-state index contributed by atoms with van der Waals surface area (Å²) in [5.41, 5.74) is 3.04. The van der Waals surface area contributed by atoms with E-state index in [4.69, 9.17) is 5.11 Å². The summed E-state index contributed by atoms with van der Waals surface area (Å²) < 4.78 is 0. The van der Waals surface area contributed by atoms with Gasteiger partial charge in [0, 0.05) is 25.4 Å². The van der Waals surface area contributed by atoms with Crippen LogP contribution in [0.3, 0.4) is 0 Å². The normalized spacial score (nSPS) is 26.7. The fraction of sp³-hybridized carbons (Fsp3) is 0.611. The number of hydrogen-bond donors (Lipinski definition) is 1. The highest BCUT2D eigenvalue weighted by atomic mass is 16.4. The first-order chi connectivity index (χ1) is 10.1. The van der Waals surface area contributed by atoms with Crippen LogP contribution in [0.5, 0.6) is 0 Å². The maximum absolute atomic E-state index is 10.9. The van der Waals surface area contributed by atoms with Gasteiger partial charge in [-0.3, -0.25) is 4.79 Å². The molecule has 0 bridgehead atoms. The van der Waals surface area contributed by atoms with E-state index < -0.39 is 5.97 Å². The van der Waals surface area contributed by atoms with Crippen LogP contribution < -0.4 is 0 Å². The summed E-state index contributed by atoms with van der Waals surface area (Å²) in [4.78, 5) is 13.5. The molecule has 1 aromatic carbocycles. The average molecular weight is 287 g/mol. The minimum atomic E-state index is -0.660. The Morgan fingerprint density at radius 2 is 2.24 bits per heavy atom. The standard InChI is InChI=1S/C18H25NO2/c1-13(9-18(20)21)15-6-4-8-19(11-15)12-16-10-14-5-2-3-7-17(14)16/h2-3,5,7,13,15-16H,4,6,8-12H2,1H3,(H,20,21). The van der Waals surface area contributed by atoms with Crippen molar-refractivity contribution in [2.45, 2.75) is 38.5 Å². The molecule has 2 aliphatic rings. The van der Waals surface area contributed by atoms with Crippen LogP contribution in [0.2, 0.25) is 0 Å². The molecular formula is C18H25NO2. The number of carbonyl (C=O) groups is 1. The van der Waals surface area contributed by atoms with E-state index in [1.165, 1.54) is 36.9 Å². The lowest BCUT2D eigenvalue weighted by molar-refractivity contribution is -0.138. The van der Waals surface area contributed by atoms with E-state index in [1.54, 1.807) is 0 Å². The number of hydrogen-bond acceptors (Lipinski definition) is 2. The van der Waals surface area contributed by atoms with E-state index in [2.05, 4.69) is 36.1 Å². The van der Waals surface area contributed by atoms with Crippen LogP contribution >= 0.6 is 0 Å². The number of benzene rings is 1. The Hall–Kier alpha value is -1.35. The zero-order chi connectivity index (χ0) is 14.8. The molecule has 1 saturated heterocycles. The predicted molar refractivity (Wildman–Crippen MR) is 83.5 cm³/mol. The summed E-state index contributed by atoms with van der Waals surface area (Å²) >= 11 is 0. The summed E-state index contributed by atoms with van der Waals surface area (Å²) in [6, 6.07) is 8.76. The average Bonchev–Trinajstić information content (AvgIpc) is 2.44. The van der Waals surface area contributed by atoms with Gasteiger partial charge in [-0.05, 0) is 48.8 Å². The van der Waals surface area contributed by atoms with Gasteiger partial charge in [-0.1, -0.05) is 31.2 Å². The molecule has 114 valence electrons. The first-order valence-electron chi connectivity index (χ1n) is 8.15. The van der Waals surface area contributed by atoms with Gasteiger partial charge in [0.15, 0.2) is 0 Å². The molecule has 1 N–H and O–H groups in total. The summed E-state index contributed by atoms with van der Waals surface area (Å²) in [5, 5.41) is 8.97. The van der Waals surface area contributed by atoms with Gasteiger partial charge in [-0.2, -0.15) is 0 Å². The highest BCUT2D eigenvalue weighted by Gasteiger charge is 2.31. The Labute approximate surface area is 127 Å². The molecule has 1 aromatic rings. The number of nitrogens with zero attached hydrogens (tertiary/aromatic N) is 1. The van der Waals surface area contributed by atoms with Crippen molar-refractivity contribution in [1.82, 2.24) is 4.90 Å². The molecule has 1 aliphatic heterocycles. The number of fused-ring (bicyclic) bond motifs is 1. The number of rotatable bonds is 5. The quantitative estimate of drug-likeness (QED) is 0.904. The van der Waals surface area contributed by atoms with Crippen molar-refractivity contribution in [3.05, 3.63) is 35.4 Å². The molecule has 0 saturated carbocycles. The number of carboxylic acids is 1. The Morgan fingerprint density at radius 3 is 3.00 bits per heavy atom. The van der Waals surface area contributed by atoms with Crippen molar-refractivity contribution >= 4 is 5.97 Å². The lowest BCUT2D eigenvalue weighted by Gasteiger charge is -2.40. The van der Waals surface area contributed by atoms with Gasteiger partial charge in [-0.15, -0.1) is 0 Å². The van der Waals surface area contributed by atoms with Gasteiger partial charge in [0.1, 0.15) is 0 Å². The van der Waals surface area contributed by atoms with Crippen LogP contribution in [0.25, 0.3) is 0 Å². The first kappa shape index (κ1) is 14.6. The molecule has 0 aromatic heterocycles. The van der Waals surface area contributed by atoms with Gasteiger partial charge in [0.25, 0.3) is 0 Å². The molecule has 3 heteroatoms. The lowest BCUT2D eigenvalue weighted by atomic mass is 9.76. The molecule has 1 heterocycles. The van der Waals surface area contributed by atoms with E-state index in [1.807, 2.05) is 0 Å². The number of carboxylic acid groups (broad SMARTS) is 1. The van der Waals surface area contributed by atoms with Crippen LogP contribution in [0.4, 0.5) is 0 Å². The summed E-state index contributed by atoms with van der Waals surface area (Å²) in [7, 11) is 0. The largest absolute Gasteiger partial charge is 0.481 e. The van der Waals surface area contributed by atoms with Crippen LogP contribution in [0.15, 0.2) is 24.3 Å². The highest BCUT2D eigenvalue weighted by Crippen LogP contribution is 2.36. The van der Waals surface area contributed by atoms with Crippen LogP contribution in [-0.2, 0) is 11.2 Å². The first-order valence-corrected chi connectivity index (χ1v) is 8.15. The van der Waals surface area contributed by atoms with Crippen molar-refractivity contribution in [3.8, 4) is 0 Å². The molecule has 0 spiro atoms. The lowest BCUT2D eigenvalue weighted by Crippen LogP contribution is -2.42. The Kier molecular flexibility index (Phi) is 4.29. The molecule has 21 heavy (non-hydrogen) atoms. The fourth-order valence-corrected chi connectivity index (χ4v) is 4.00. The summed E-state index contributed by atoms with van der Waals surface area (Å²) in [5.74, 6) is 0.867. The second kappa shape index (κ2) is 6.18. The van der Waals surface area contributed by atoms with Crippen molar-refractivity contribution in [2.75, 3.05) is 19.6 Å². The topological polar surface area (TPSA) is 40.5 Å². The predicted octanol–water partition coefficient (Wildman–Crippen LogP) is 3.15. The minimum Gasteiger partial charge on any atom is -0.481 e. The number of aliphatic carboxylic acids is 1. The van der Waals surface area contributed by atoms with Gasteiger partial charge in [0.2, 0.25) is 0 Å². The third-order valence-corrected chi connectivity index (χ3v) is 5.28. The second-order valence-corrected chi connectivity index (χ2v) is 6.84. The molecule has 0 amide bonds. The van der Waals surface area contributed by atoms with Gasteiger partial charge in [-0.25, -0.2) is 0 Å². The third kappa shape index (κ3) is 3.29. The zero-order valence-corrected chi connectivity index (χ0v) is 12.8. The van der Waals surface area contributed by atoms with Crippen LogP contribution in [-0.4, -0.2) is 35.6 Å². The molecule has 3 nitrogen and oxygen atoms in total. The van der Waals surface area contributed by atoms with Crippen molar-refractivity contribution < 1.29 is 9.90 Å². The van der Waals surface area contributed by atoms with Gasteiger partial charge >= 0.3 is 5.97 Å². The molecule has 1 aliphatic carbocycles. The second-order valence-electron chi connectivity index (χ2n) is 6.84. The minimum absolute atomic E-state index is 0.291. The summed E-state index contributed by atoms with van der Waals surface area (Å²) in [6.45, 7) is 5.50. The smallest absolute Gasteiger partial charge is 0.303 e. The summed E-state index contributed by atoms with van der Waals surface area (Å²) in [6.07, 6.45) is 3.92. The van der Waals surface area contributed by atoms with Crippen molar-refractivity contribution in [3.63, 3.8) is 0 Å². The SMILES string of the molecule is CC(CC(=O)O)C1CCCN(CC2Cc3ccccc32)C1.